The smallest absolute Gasteiger partial charge is 0.329 e. The molecule has 0 bridgehead atoms. The molecule has 12 nitrogen and oxygen atoms in total. The standard InChI is InChI=1S/C18H18N4O8/c1-7-5-11(25)13(9(3)23)17(29-7)21-19-15(27)16(28)20-22-18-14(10(4)24)12(26)6-8(2)30-18/h5-6,21-22H,1-4H3,(H,19,27)(H,20,28). The third kappa shape index (κ3) is 4.98. The van der Waals surface area contributed by atoms with E-state index in [1.165, 1.54) is 13.8 Å². The summed E-state index contributed by atoms with van der Waals surface area (Å²) in [6, 6.07) is 2.20. The summed E-state index contributed by atoms with van der Waals surface area (Å²) in [5, 5.41) is 0. The maximum absolute atomic E-state index is 12.0. The molecular formula is C18H18N4O8. The Hall–Kier alpha value is -4.22. The predicted octanol–water partition coefficient (Wildman–Crippen LogP) is 0.201. The number of carbonyl (C=O) groups excluding carboxylic acids is 4. The lowest BCUT2D eigenvalue weighted by atomic mass is 10.2. The number of hydrazine groups is 2. The molecule has 0 fully saturated rings. The van der Waals surface area contributed by atoms with Crippen LogP contribution < -0.4 is 32.6 Å². The average molecular weight is 418 g/mol. The van der Waals surface area contributed by atoms with Gasteiger partial charge in [-0.25, -0.2) is 0 Å². The number of hydrogen-bond donors (Lipinski definition) is 4. The Labute approximate surface area is 168 Å². The van der Waals surface area contributed by atoms with Crippen molar-refractivity contribution in [3.63, 3.8) is 0 Å². The largest absolute Gasteiger partial charge is 0.443 e. The van der Waals surface area contributed by atoms with Gasteiger partial charge in [0.25, 0.3) is 0 Å². The molecule has 0 aliphatic heterocycles. The van der Waals surface area contributed by atoms with Crippen molar-refractivity contribution in [2.24, 2.45) is 0 Å². The highest BCUT2D eigenvalue weighted by atomic mass is 16.4. The van der Waals surface area contributed by atoms with Gasteiger partial charge >= 0.3 is 11.8 Å². The van der Waals surface area contributed by atoms with Gasteiger partial charge in [-0.05, 0) is 27.7 Å². The molecule has 2 aromatic heterocycles. The Morgan fingerprint density at radius 2 is 1.03 bits per heavy atom. The predicted molar refractivity (Wildman–Crippen MR) is 103 cm³/mol. The lowest BCUT2D eigenvalue weighted by molar-refractivity contribution is -0.138. The monoisotopic (exact) mass is 418 g/mol. The van der Waals surface area contributed by atoms with Crippen LogP contribution in [0.3, 0.4) is 0 Å². The summed E-state index contributed by atoms with van der Waals surface area (Å²) < 4.78 is 10.4. The van der Waals surface area contributed by atoms with Gasteiger partial charge in [-0.15, -0.1) is 0 Å². The van der Waals surface area contributed by atoms with Crippen LogP contribution in [0.2, 0.25) is 0 Å². The zero-order chi connectivity index (χ0) is 22.6. The molecule has 0 aliphatic rings. The minimum Gasteiger partial charge on any atom is -0.443 e. The second kappa shape index (κ2) is 8.86. The molecule has 2 heterocycles. The Morgan fingerprint density at radius 3 is 1.33 bits per heavy atom. The van der Waals surface area contributed by atoms with Gasteiger partial charge in [0.15, 0.2) is 22.4 Å². The number of nitrogens with one attached hydrogen (secondary N) is 4. The van der Waals surface area contributed by atoms with Crippen molar-refractivity contribution in [3.05, 3.63) is 55.2 Å². The van der Waals surface area contributed by atoms with Crippen LogP contribution in [0.5, 0.6) is 0 Å². The normalized spacial score (nSPS) is 10.1. The van der Waals surface area contributed by atoms with Gasteiger partial charge < -0.3 is 8.83 Å². The van der Waals surface area contributed by atoms with E-state index >= 15 is 0 Å². The van der Waals surface area contributed by atoms with E-state index < -0.39 is 34.2 Å². The molecule has 4 N–H and O–H groups in total. The number of hydrogen-bond acceptors (Lipinski definition) is 10. The van der Waals surface area contributed by atoms with E-state index in [2.05, 4.69) is 10.9 Å². The number of anilines is 2. The maximum atomic E-state index is 12.0. The molecule has 0 spiro atoms. The lowest BCUT2D eigenvalue weighted by Gasteiger charge is -2.12. The van der Waals surface area contributed by atoms with Crippen molar-refractivity contribution in [3.8, 4) is 0 Å². The molecule has 0 radical (unpaired) electrons. The van der Waals surface area contributed by atoms with E-state index in [9.17, 15) is 28.8 Å². The summed E-state index contributed by atoms with van der Waals surface area (Å²) in [6.07, 6.45) is 0. The lowest BCUT2D eigenvalue weighted by Crippen LogP contribution is -2.45. The van der Waals surface area contributed by atoms with Crippen molar-refractivity contribution in [2.45, 2.75) is 27.7 Å². The fourth-order valence-corrected chi connectivity index (χ4v) is 2.40. The van der Waals surface area contributed by atoms with Crippen LogP contribution in [0.25, 0.3) is 0 Å². The molecule has 2 aromatic rings. The molecule has 0 saturated heterocycles. The summed E-state index contributed by atoms with van der Waals surface area (Å²) in [7, 11) is 0. The molecule has 0 aliphatic carbocycles. The molecule has 30 heavy (non-hydrogen) atoms. The van der Waals surface area contributed by atoms with Gasteiger partial charge in [0.1, 0.15) is 22.6 Å². The van der Waals surface area contributed by atoms with Crippen LogP contribution in [-0.2, 0) is 9.59 Å². The molecule has 2 amide bonds. The first kappa shape index (κ1) is 22.1. The van der Waals surface area contributed by atoms with E-state index in [0.29, 0.717) is 0 Å². The minimum atomic E-state index is -1.25. The van der Waals surface area contributed by atoms with Crippen LogP contribution in [0.4, 0.5) is 11.8 Å². The Kier molecular flexibility index (Phi) is 6.52. The van der Waals surface area contributed by atoms with Crippen LogP contribution in [-0.4, -0.2) is 23.4 Å². The average Bonchev–Trinajstić information content (AvgIpc) is 2.62. The molecule has 0 saturated carbocycles. The number of amides is 2. The highest BCUT2D eigenvalue weighted by molar-refractivity contribution is 6.35. The zero-order valence-corrected chi connectivity index (χ0v) is 16.4. The molecule has 2 rings (SSSR count). The summed E-state index contributed by atoms with van der Waals surface area (Å²) in [5.74, 6) is -4.08. The highest BCUT2D eigenvalue weighted by Crippen LogP contribution is 2.14. The van der Waals surface area contributed by atoms with Gasteiger partial charge in [-0.3, -0.25) is 50.5 Å². The maximum Gasteiger partial charge on any atom is 0.329 e. The fraction of sp³-hybridized carbons (Fsp3) is 0.222. The van der Waals surface area contributed by atoms with E-state index in [1.807, 2.05) is 10.9 Å². The topological polar surface area (TPSA) is 177 Å². The Morgan fingerprint density at radius 1 is 0.700 bits per heavy atom. The van der Waals surface area contributed by atoms with Crippen LogP contribution in [0, 0.1) is 13.8 Å². The number of rotatable bonds is 6. The molecule has 0 aromatic carbocycles. The molecule has 0 atom stereocenters. The van der Waals surface area contributed by atoms with Crippen molar-refractivity contribution in [1.82, 2.24) is 10.9 Å². The van der Waals surface area contributed by atoms with E-state index in [4.69, 9.17) is 8.83 Å². The Bertz CT molecular complexity index is 1070. The number of aryl methyl sites for hydroxylation is 2. The molecule has 12 heteroatoms. The molecule has 158 valence electrons. The van der Waals surface area contributed by atoms with Crippen LogP contribution in [0.1, 0.15) is 46.1 Å². The van der Waals surface area contributed by atoms with E-state index in [-0.39, 0.29) is 34.4 Å². The van der Waals surface area contributed by atoms with Crippen LogP contribution >= 0.6 is 0 Å². The highest BCUT2D eigenvalue weighted by Gasteiger charge is 2.20. The zero-order valence-electron chi connectivity index (χ0n) is 16.4. The Balaban J connectivity index is 2.10. The third-order valence-electron chi connectivity index (χ3n) is 3.63. The first-order valence-corrected chi connectivity index (χ1v) is 8.45. The fourth-order valence-electron chi connectivity index (χ4n) is 2.40. The minimum absolute atomic E-state index is 0.166. The quantitative estimate of drug-likeness (QED) is 0.288. The van der Waals surface area contributed by atoms with E-state index in [0.717, 1.165) is 26.0 Å². The number of carbonyl (C=O) groups is 4. The van der Waals surface area contributed by atoms with Gasteiger partial charge in [0.2, 0.25) is 11.8 Å². The van der Waals surface area contributed by atoms with Crippen molar-refractivity contribution in [2.75, 3.05) is 10.9 Å². The summed E-state index contributed by atoms with van der Waals surface area (Å²) in [6.45, 7) is 5.18. The third-order valence-corrected chi connectivity index (χ3v) is 3.63. The first-order chi connectivity index (χ1) is 14.0. The summed E-state index contributed by atoms with van der Waals surface area (Å²) >= 11 is 0. The van der Waals surface area contributed by atoms with Gasteiger partial charge in [0.05, 0.1) is 0 Å². The van der Waals surface area contributed by atoms with Crippen LogP contribution in [0.15, 0.2) is 30.6 Å². The second-order valence-corrected chi connectivity index (χ2v) is 6.12. The first-order valence-electron chi connectivity index (χ1n) is 8.45. The van der Waals surface area contributed by atoms with Crippen molar-refractivity contribution in [1.29, 1.82) is 0 Å². The molecular weight excluding hydrogens is 400 g/mol. The van der Waals surface area contributed by atoms with Crippen molar-refractivity contribution >= 4 is 35.1 Å². The summed E-state index contributed by atoms with van der Waals surface area (Å²) in [4.78, 5) is 70.9. The molecule has 0 unspecified atom stereocenters. The van der Waals surface area contributed by atoms with E-state index in [1.54, 1.807) is 0 Å². The van der Waals surface area contributed by atoms with Gasteiger partial charge in [-0.1, -0.05) is 0 Å². The van der Waals surface area contributed by atoms with Crippen molar-refractivity contribution < 1.29 is 28.0 Å². The SMILES string of the molecule is CC(=O)c1c(NNC(=O)C(=O)NNc2oc(C)cc(=O)c2C(C)=O)oc(C)cc1=O. The van der Waals surface area contributed by atoms with Gasteiger partial charge in [-0.2, -0.15) is 0 Å². The summed E-state index contributed by atoms with van der Waals surface area (Å²) in [5.41, 5.74) is 6.39. The number of ketones is 2. The second-order valence-electron chi connectivity index (χ2n) is 6.12. The van der Waals surface area contributed by atoms with Gasteiger partial charge in [0, 0.05) is 12.1 Å². The number of Topliss-reactive ketones (excluding diaryl/α,β-unsaturated/α-hetero) is 2.